The van der Waals surface area contributed by atoms with Crippen LogP contribution in [0.1, 0.15) is 23.8 Å². The fourth-order valence-corrected chi connectivity index (χ4v) is 4.42. The van der Waals surface area contributed by atoms with Crippen molar-refractivity contribution >= 4 is 33.2 Å². The van der Waals surface area contributed by atoms with Gasteiger partial charge in [-0.15, -0.1) is 11.3 Å². The van der Waals surface area contributed by atoms with Crippen LogP contribution in [-0.2, 0) is 24.3 Å². The van der Waals surface area contributed by atoms with E-state index in [0.717, 1.165) is 4.88 Å². The van der Waals surface area contributed by atoms with Crippen molar-refractivity contribution in [2.45, 2.75) is 23.8 Å². The van der Waals surface area contributed by atoms with Crippen molar-refractivity contribution in [3.05, 3.63) is 40.6 Å². The number of rotatable bonds is 11. The third-order valence-corrected chi connectivity index (χ3v) is 6.57. The lowest BCUT2D eigenvalue weighted by Crippen LogP contribution is -2.33. The summed E-state index contributed by atoms with van der Waals surface area (Å²) in [5.74, 6) is -0.170. The monoisotopic (exact) mass is 456 g/mol. The number of ether oxygens (including phenoxy) is 3. The zero-order valence-electron chi connectivity index (χ0n) is 16.8. The molecule has 9 nitrogen and oxygen atoms in total. The van der Waals surface area contributed by atoms with E-state index in [2.05, 4.69) is 14.8 Å². The molecule has 0 bridgehead atoms. The van der Waals surface area contributed by atoms with Crippen LogP contribution in [-0.4, -0.2) is 48.2 Å². The van der Waals surface area contributed by atoms with Gasteiger partial charge in [-0.25, -0.2) is 13.1 Å². The molecule has 2 N–H and O–H groups in total. The first-order valence-electron chi connectivity index (χ1n) is 8.92. The second-order valence-corrected chi connectivity index (χ2v) is 8.83. The maximum absolute atomic E-state index is 12.5. The molecule has 0 saturated heterocycles. The SMILES string of the molecule is COC(=O)CC(NC(=O)CCNS(=O)(=O)c1ccc(OC)c(OC)c1)c1cccs1. The van der Waals surface area contributed by atoms with E-state index in [1.54, 1.807) is 6.07 Å². The topological polar surface area (TPSA) is 120 Å². The third kappa shape index (κ3) is 6.44. The van der Waals surface area contributed by atoms with Gasteiger partial charge in [0, 0.05) is 23.9 Å². The van der Waals surface area contributed by atoms with Crippen molar-refractivity contribution in [1.82, 2.24) is 10.0 Å². The molecule has 0 radical (unpaired) electrons. The molecule has 0 spiro atoms. The van der Waals surface area contributed by atoms with Crippen molar-refractivity contribution < 1.29 is 32.2 Å². The summed E-state index contributed by atoms with van der Waals surface area (Å²) in [6.07, 6.45) is -0.115. The second-order valence-electron chi connectivity index (χ2n) is 6.08. The Morgan fingerprint density at radius 1 is 1.10 bits per heavy atom. The highest BCUT2D eigenvalue weighted by Gasteiger charge is 2.21. The highest BCUT2D eigenvalue weighted by molar-refractivity contribution is 7.89. The largest absolute Gasteiger partial charge is 0.493 e. The van der Waals surface area contributed by atoms with Gasteiger partial charge in [-0.2, -0.15) is 0 Å². The van der Waals surface area contributed by atoms with Crippen LogP contribution in [0.3, 0.4) is 0 Å². The number of amides is 1. The lowest BCUT2D eigenvalue weighted by molar-refractivity contribution is -0.141. The van der Waals surface area contributed by atoms with E-state index < -0.39 is 27.9 Å². The van der Waals surface area contributed by atoms with Gasteiger partial charge in [-0.1, -0.05) is 6.07 Å². The Labute approximate surface area is 179 Å². The number of carbonyl (C=O) groups excluding carboxylic acids is 2. The number of nitrogens with one attached hydrogen (secondary N) is 2. The smallest absolute Gasteiger partial charge is 0.307 e. The van der Waals surface area contributed by atoms with E-state index in [-0.39, 0.29) is 30.0 Å². The highest BCUT2D eigenvalue weighted by atomic mass is 32.2. The van der Waals surface area contributed by atoms with E-state index in [9.17, 15) is 18.0 Å². The standard InChI is InChI=1S/C19H24N2O7S2/c1-26-15-7-6-13(11-16(15)27-2)30(24,25)20-9-8-18(22)21-14(12-19(23)28-3)17-5-4-10-29-17/h4-7,10-11,14,20H,8-9,12H2,1-3H3,(H,21,22). The molecule has 1 atom stereocenters. The number of carbonyl (C=O) groups is 2. The summed E-state index contributed by atoms with van der Waals surface area (Å²) in [6.45, 7) is -0.113. The summed E-state index contributed by atoms with van der Waals surface area (Å²) >= 11 is 1.40. The number of thiophene rings is 1. The number of sulfonamides is 1. The summed E-state index contributed by atoms with van der Waals surface area (Å²) in [5.41, 5.74) is 0. The zero-order chi connectivity index (χ0) is 22.1. The first kappa shape index (κ1) is 23.6. The van der Waals surface area contributed by atoms with E-state index >= 15 is 0 Å². The molecule has 2 aromatic rings. The van der Waals surface area contributed by atoms with Crippen molar-refractivity contribution in [2.24, 2.45) is 0 Å². The molecule has 0 aliphatic heterocycles. The Kier molecular flexibility index (Phi) is 8.63. The summed E-state index contributed by atoms with van der Waals surface area (Å²) in [5, 5.41) is 4.58. The number of esters is 1. The molecule has 164 valence electrons. The molecule has 1 aromatic heterocycles. The van der Waals surface area contributed by atoms with Crippen molar-refractivity contribution in [1.29, 1.82) is 0 Å². The molecular weight excluding hydrogens is 432 g/mol. The van der Waals surface area contributed by atoms with Crippen molar-refractivity contribution in [2.75, 3.05) is 27.9 Å². The van der Waals surface area contributed by atoms with E-state index in [1.807, 2.05) is 11.4 Å². The second kappa shape index (κ2) is 11.0. The molecule has 1 aromatic carbocycles. The maximum Gasteiger partial charge on any atom is 0.307 e. The lowest BCUT2D eigenvalue weighted by atomic mass is 10.1. The van der Waals surface area contributed by atoms with Gasteiger partial charge in [-0.05, 0) is 23.6 Å². The predicted molar refractivity (Wildman–Crippen MR) is 111 cm³/mol. The minimum atomic E-state index is -3.85. The molecule has 1 unspecified atom stereocenters. The molecule has 0 aliphatic carbocycles. The summed E-state index contributed by atoms with van der Waals surface area (Å²) in [4.78, 5) is 24.7. The Morgan fingerprint density at radius 3 is 2.43 bits per heavy atom. The van der Waals surface area contributed by atoms with Gasteiger partial charge in [0.25, 0.3) is 0 Å². The molecule has 0 aliphatic rings. The molecule has 11 heteroatoms. The van der Waals surface area contributed by atoms with Crippen LogP contribution in [0.15, 0.2) is 40.6 Å². The van der Waals surface area contributed by atoms with E-state index in [1.165, 1.54) is 50.9 Å². The molecule has 0 saturated carbocycles. The lowest BCUT2D eigenvalue weighted by Gasteiger charge is -2.16. The summed E-state index contributed by atoms with van der Waals surface area (Å²) in [7, 11) is 0.289. The van der Waals surface area contributed by atoms with Crippen LogP contribution in [0.2, 0.25) is 0 Å². The van der Waals surface area contributed by atoms with Crippen LogP contribution in [0, 0.1) is 0 Å². The van der Waals surface area contributed by atoms with Crippen molar-refractivity contribution in [3.63, 3.8) is 0 Å². The van der Waals surface area contributed by atoms with Crippen molar-refractivity contribution in [3.8, 4) is 11.5 Å². The highest BCUT2D eigenvalue weighted by Crippen LogP contribution is 2.29. The van der Waals surface area contributed by atoms with Gasteiger partial charge in [0.05, 0.1) is 38.7 Å². The van der Waals surface area contributed by atoms with E-state index in [4.69, 9.17) is 9.47 Å². The van der Waals surface area contributed by atoms with Gasteiger partial charge in [-0.3, -0.25) is 9.59 Å². The number of hydrogen-bond donors (Lipinski definition) is 2. The summed E-state index contributed by atoms with van der Waals surface area (Å²) < 4.78 is 42.2. The Bertz CT molecular complexity index is 959. The zero-order valence-corrected chi connectivity index (χ0v) is 18.5. The molecule has 1 heterocycles. The van der Waals surface area contributed by atoms with E-state index in [0.29, 0.717) is 5.75 Å². The van der Waals surface area contributed by atoms with Gasteiger partial charge in [0.1, 0.15) is 0 Å². The molecule has 2 rings (SSSR count). The van der Waals surface area contributed by atoms with Crippen LogP contribution >= 0.6 is 11.3 Å². The quantitative estimate of drug-likeness (QED) is 0.495. The average Bonchev–Trinajstić information content (AvgIpc) is 3.27. The minimum Gasteiger partial charge on any atom is -0.493 e. The normalized spacial score (nSPS) is 12.1. The third-order valence-electron chi connectivity index (χ3n) is 4.13. The molecule has 1 amide bonds. The van der Waals surface area contributed by atoms with Gasteiger partial charge in [0.15, 0.2) is 11.5 Å². The maximum atomic E-state index is 12.5. The molecule has 30 heavy (non-hydrogen) atoms. The van der Waals surface area contributed by atoms with Gasteiger partial charge < -0.3 is 19.5 Å². The molecular formula is C19H24N2O7S2. The Morgan fingerprint density at radius 2 is 1.83 bits per heavy atom. The number of benzene rings is 1. The Balaban J connectivity index is 1.96. The minimum absolute atomic E-state index is 0.0114. The molecule has 0 fully saturated rings. The summed E-state index contributed by atoms with van der Waals surface area (Å²) in [6, 6.07) is 7.29. The average molecular weight is 457 g/mol. The van der Waals surface area contributed by atoms with Crippen LogP contribution < -0.4 is 19.5 Å². The first-order valence-corrected chi connectivity index (χ1v) is 11.3. The van der Waals surface area contributed by atoms with Crippen LogP contribution in [0.5, 0.6) is 11.5 Å². The van der Waals surface area contributed by atoms with Crippen LogP contribution in [0.4, 0.5) is 0 Å². The van der Waals surface area contributed by atoms with Gasteiger partial charge in [0.2, 0.25) is 15.9 Å². The predicted octanol–water partition coefficient (Wildman–Crippen LogP) is 1.85. The number of hydrogen-bond acceptors (Lipinski definition) is 8. The number of methoxy groups -OCH3 is 3. The first-order chi connectivity index (χ1) is 14.3. The van der Waals surface area contributed by atoms with Gasteiger partial charge >= 0.3 is 5.97 Å². The fourth-order valence-electron chi connectivity index (χ4n) is 2.59. The van der Waals surface area contributed by atoms with Crippen LogP contribution in [0.25, 0.3) is 0 Å². The Hall–Kier alpha value is -2.63. The fraction of sp³-hybridized carbons (Fsp3) is 0.368.